The maximum atomic E-state index is 13.0. The van der Waals surface area contributed by atoms with Gasteiger partial charge < -0.3 is 15.4 Å². The number of ether oxygens (including phenoxy) is 1. The average molecular weight is 390 g/mol. The Labute approximate surface area is 170 Å². The van der Waals surface area contributed by atoms with E-state index in [0.717, 1.165) is 54.2 Å². The van der Waals surface area contributed by atoms with Crippen LogP contribution in [0.1, 0.15) is 35.3 Å². The van der Waals surface area contributed by atoms with Crippen LogP contribution in [0.3, 0.4) is 0 Å². The van der Waals surface area contributed by atoms with E-state index in [1.807, 2.05) is 64.2 Å². The van der Waals surface area contributed by atoms with Gasteiger partial charge in [0, 0.05) is 25.2 Å². The topological polar surface area (TPSA) is 73.4 Å². The van der Waals surface area contributed by atoms with Crippen molar-refractivity contribution in [3.05, 3.63) is 65.9 Å². The molecule has 2 aromatic carbocycles. The van der Waals surface area contributed by atoms with E-state index in [-0.39, 0.29) is 5.91 Å². The third-order valence-electron chi connectivity index (χ3n) is 5.37. The van der Waals surface area contributed by atoms with Gasteiger partial charge in [-0.15, -0.1) is 0 Å². The Morgan fingerprint density at radius 1 is 1.03 bits per heavy atom. The van der Waals surface area contributed by atoms with Crippen molar-refractivity contribution >= 4 is 5.91 Å². The van der Waals surface area contributed by atoms with E-state index >= 15 is 0 Å². The van der Waals surface area contributed by atoms with Crippen molar-refractivity contribution in [2.45, 2.75) is 25.8 Å². The lowest BCUT2D eigenvalue weighted by atomic mass is 10.1. The van der Waals surface area contributed by atoms with Gasteiger partial charge in [0.05, 0.1) is 18.5 Å². The van der Waals surface area contributed by atoms with Gasteiger partial charge >= 0.3 is 0 Å². The van der Waals surface area contributed by atoms with Crippen LogP contribution >= 0.6 is 0 Å². The summed E-state index contributed by atoms with van der Waals surface area (Å²) in [6.45, 7) is 2.10. The number of nitrogens with two attached hydrogens (primary N) is 1. The van der Waals surface area contributed by atoms with Gasteiger partial charge in [-0.25, -0.2) is 4.68 Å². The number of hydrogen-bond acceptors (Lipinski definition) is 4. The molecule has 0 atom stereocenters. The fourth-order valence-electron chi connectivity index (χ4n) is 3.68. The Morgan fingerprint density at radius 2 is 1.72 bits per heavy atom. The van der Waals surface area contributed by atoms with Crippen molar-refractivity contribution in [1.29, 1.82) is 0 Å². The first-order chi connectivity index (χ1) is 14.2. The normalized spacial score (nSPS) is 14.1. The summed E-state index contributed by atoms with van der Waals surface area (Å²) in [6, 6.07) is 17.6. The zero-order valence-corrected chi connectivity index (χ0v) is 16.7. The van der Waals surface area contributed by atoms with Crippen LogP contribution in [0.5, 0.6) is 5.75 Å². The number of methoxy groups -OCH3 is 1. The fraction of sp³-hybridized carbons (Fsp3) is 0.304. The number of nitrogens with zero attached hydrogens (tertiary/aromatic N) is 3. The van der Waals surface area contributed by atoms with E-state index < -0.39 is 0 Å². The number of carbonyl (C=O) groups is 1. The molecule has 1 fully saturated rings. The lowest BCUT2D eigenvalue weighted by Crippen LogP contribution is -2.35. The minimum absolute atomic E-state index is 0.00297. The molecule has 2 N–H and O–H groups in total. The standard InChI is InChI=1S/C23H26N4O2/c1-29-20-11-9-19(10-12-20)27-22(18-7-5-17(16-24)6-8-18)15-21(25-27)23(28)26-13-3-2-4-14-26/h5-12,15H,2-4,13-14,16,24H2,1H3. The Kier molecular flexibility index (Phi) is 5.62. The molecule has 1 saturated heterocycles. The monoisotopic (exact) mass is 390 g/mol. The molecule has 3 aromatic rings. The molecular formula is C23H26N4O2. The van der Waals surface area contributed by atoms with Gasteiger partial charge in [-0.3, -0.25) is 4.79 Å². The minimum atomic E-state index is -0.00297. The maximum absolute atomic E-state index is 13.0. The zero-order chi connectivity index (χ0) is 20.2. The van der Waals surface area contributed by atoms with Crippen LogP contribution in [-0.2, 0) is 6.54 Å². The fourth-order valence-corrected chi connectivity index (χ4v) is 3.68. The van der Waals surface area contributed by atoms with Crippen LogP contribution in [-0.4, -0.2) is 40.8 Å². The number of rotatable bonds is 5. The van der Waals surface area contributed by atoms with E-state index in [1.54, 1.807) is 7.11 Å². The largest absolute Gasteiger partial charge is 0.497 e. The highest BCUT2D eigenvalue weighted by Crippen LogP contribution is 2.26. The quantitative estimate of drug-likeness (QED) is 0.722. The number of carbonyl (C=O) groups excluding carboxylic acids is 1. The van der Waals surface area contributed by atoms with Crippen molar-refractivity contribution in [1.82, 2.24) is 14.7 Å². The van der Waals surface area contributed by atoms with Gasteiger partial charge in [-0.05, 0) is 55.2 Å². The average Bonchev–Trinajstić information content (AvgIpc) is 3.24. The van der Waals surface area contributed by atoms with E-state index in [2.05, 4.69) is 5.10 Å². The van der Waals surface area contributed by atoms with Crippen LogP contribution in [0.2, 0.25) is 0 Å². The van der Waals surface area contributed by atoms with Gasteiger partial charge in [0.2, 0.25) is 0 Å². The Morgan fingerprint density at radius 3 is 2.34 bits per heavy atom. The van der Waals surface area contributed by atoms with Crippen molar-refractivity contribution in [3.63, 3.8) is 0 Å². The first-order valence-corrected chi connectivity index (χ1v) is 10.0. The lowest BCUT2D eigenvalue weighted by Gasteiger charge is -2.25. The van der Waals surface area contributed by atoms with Gasteiger partial charge in [0.25, 0.3) is 5.91 Å². The summed E-state index contributed by atoms with van der Waals surface area (Å²) >= 11 is 0. The van der Waals surface area contributed by atoms with Gasteiger partial charge in [-0.1, -0.05) is 24.3 Å². The molecule has 0 aliphatic carbocycles. The molecule has 29 heavy (non-hydrogen) atoms. The minimum Gasteiger partial charge on any atom is -0.497 e. The summed E-state index contributed by atoms with van der Waals surface area (Å²) in [7, 11) is 1.64. The molecule has 4 rings (SSSR count). The van der Waals surface area contributed by atoms with E-state index in [1.165, 1.54) is 6.42 Å². The van der Waals surface area contributed by atoms with Gasteiger partial charge in [0.15, 0.2) is 5.69 Å². The molecule has 1 aromatic heterocycles. The number of benzene rings is 2. The second-order valence-electron chi connectivity index (χ2n) is 7.28. The lowest BCUT2D eigenvalue weighted by molar-refractivity contribution is 0.0718. The molecule has 150 valence electrons. The number of amides is 1. The van der Waals surface area contributed by atoms with Crippen molar-refractivity contribution in [3.8, 4) is 22.7 Å². The molecule has 0 spiro atoms. The Balaban J connectivity index is 1.75. The van der Waals surface area contributed by atoms with Crippen molar-refractivity contribution in [2.24, 2.45) is 5.73 Å². The van der Waals surface area contributed by atoms with Crippen LogP contribution in [0.25, 0.3) is 16.9 Å². The molecule has 0 unspecified atom stereocenters. The molecule has 0 bridgehead atoms. The number of aromatic nitrogens is 2. The third-order valence-corrected chi connectivity index (χ3v) is 5.37. The number of piperidine rings is 1. The molecule has 0 saturated carbocycles. The van der Waals surface area contributed by atoms with Crippen molar-refractivity contribution in [2.75, 3.05) is 20.2 Å². The smallest absolute Gasteiger partial charge is 0.274 e. The Hall–Kier alpha value is -3.12. The molecular weight excluding hydrogens is 364 g/mol. The van der Waals surface area contributed by atoms with E-state index in [4.69, 9.17) is 10.5 Å². The summed E-state index contributed by atoms with van der Waals surface area (Å²) in [6.07, 6.45) is 3.29. The highest BCUT2D eigenvalue weighted by molar-refractivity contribution is 5.93. The van der Waals surface area contributed by atoms with E-state index in [9.17, 15) is 4.79 Å². The molecule has 6 heteroatoms. The highest BCUT2D eigenvalue weighted by Gasteiger charge is 2.23. The molecule has 1 amide bonds. The van der Waals surface area contributed by atoms with Crippen molar-refractivity contribution < 1.29 is 9.53 Å². The predicted molar refractivity (Wildman–Crippen MR) is 113 cm³/mol. The second-order valence-corrected chi connectivity index (χ2v) is 7.28. The first-order valence-electron chi connectivity index (χ1n) is 10.0. The third kappa shape index (κ3) is 4.03. The van der Waals surface area contributed by atoms with Crippen LogP contribution < -0.4 is 10.5 Å². The summed E-state index contributed by atoms with van der Waals surface area (Å²) in [5, 5.41) is 4.69. The number of likely N-dealkylation sites (tertiary alicyclic amines) is 1. The van der Waals surface area contributed by atoms with Gasteiger partial charge in [0.1, 0.15) is 5.75 Å². The highest BCUT2D eigenvalue weighted by atomic mass is 16.5. The summed E-state index contributed by atoms with van der Waals surface area (Å²) in [5.74, 6) is 0.774. The van der Waals surface area contributed by atoms with E-state index in [0.29, 0.717) is 12.2 Å². The summed E-state index contributed by atoms with van der Waals surface area (Å²) in [4.78, 5) is 15.0. The van der Waals surface area contributed by atoms with Crippen LogP contribution in [0.4, 0.5) is 0 Å². The second kappa shape index (κ2) is 8.49. The molecule has 2 heterocycles. The molecule has 1 aliphatic heterocycles. The zero-order valence-electron chi connectivity index (χ0n) is 16.7. The maximum Gasteiger partial charge on any atom is 0.274 e. The molecule has 0 radical (unpaired) electrons. The number of hydrogen-bond donors (Lipinski definition) is 1. The molecule has 6 nitrogen and oxygen atoms in total. The summed E-state index contributed by atoms with van der Waals surface area (Å²) < 4.78 is 7.09. The van der Waals surface area contributed by atoms with Crippen LogP contribution in [0.15, 0.2) is 54.6 Å². The predicted octanol–water partition coefficient (Wildman–Crippen LogP) is 3.63. The van der Waals surface area contributed by atoms with Gasteiger partial charge in [-0.2, -0.15) is 5.10 Å². The first kappa shape index (κ1) is 19.2. The van der Waals surface area contributed by atoms with Crippen LogP contribution in [0, 0.1) is 0 Å². The molecule has 1 aliphatic rings. The SMILES string of the molecule is COc1ccc(-n2nc(C(=O)N3CCCCC3)cc2-c2ccc(CN)cc2)cc1. The Bertz CT molecular complexity index is 906. The summed E-state index contributed by atoms with van der Waals surface area (Å²) in [5.41, 5.74) is 10.0.